The smallest absolute Gasteiger partial charge is 0.124 e. The van der Waals surface area contributed by atoms with Crippen LogP contribution in [-0.2, 0) is 6.54 Å². The third-order valence-corrected chi connectivity index (χ3v) is 3.17. The highest BCUT2D eigenvalue weighted by Gasteiger charge is 2.04. The first-order valence-corrected chi connectivity index (χ1v) is 6.81. The Hall–Kier alpha value is -2.73. The Morgan fingerprint density at radius 2 is 2.10 bits per heavy atom. The molecule has 0 aliphatic rings. The highest BCUT2D eigenvalue weighted by molar-refractivity contribution is 5.55. The van der Waals surface area contributed by atoms with Crippen LogP contribution in [0.4, 0.5) is 5.69 Å². The number of nitrogens with zero attached hydrogens (tertiary/aromatic N) is 1. The fraction of sp³-hybridized carbons (Fsp3) is 0.167. The van der Waals surface area contributed by atoms with Crippen LogP contribution >= 0.6 is 0 Å². The van der Waals surface area contributed by atoms with Gasteiger partial charge in [-0.3, -0.25) is 0 Å². The van der Waals surface area contributed by atoms with Crippen molar-refractivity contribution in [3.05, 3.63) is 71.8 Å². The van der Waals surface area contributed by atoms with Crippen LogP contribution in [-0.4, -0.2) is 6.61 Å². The summed E-state index contributed by atoms with van der Waals surface area (Å²) in [5.41, 5.74) is 3.80. The van der Waals surface area contributed by atoms with Gasteiger partial charge < -0.3 is 10.1 Å². The molecule has 0 aliphatic carbocycles. The largest absolute Gasteiger partial charge is 0.489 e. The molecule has 0 aliphatic heterocycles. The molecule has 106 valence electrons. The molecule has 0 heterocycles. The van der Waals surface area contributed by atoms with Gasteiger partial charge in [-0.25, -0.2) is 0 Å². The molecule has 0 amide bonds. The molecular formula is C18H18N2O. The van der Waals surface area contributed by atoms with Crippen molar-refractivity contribution in [2.45, 2.75) is 13.5 Å². The fourth-order valence-electron chi connectivity index (χ4n) is 2.01. The molecule has 3 heteroatoms. The highest BCUT2D eigenvalue weighted by atomic mass is 16.5. The Labute approximate surface area is 125 Å². The molecule has 0 unspecified atom stereocenters. The number of hydrogen-bond donors (Lipinski definition) is 1. The molecule has 0 radical (unpaired) electrons. The number of para-hydroxylation sites is 1. The molecule has 0 bridgehead atoms. The van der Waals surface area contributed by atoms with Crippen LogP contribution in [0.15, 0.2) is 55.1 Å². The van der Waals surface area contributed by atoms with Gasteiger partial charge >= 0.3 is 0 Å². The summed E-state index contributed by atoms with van der Waals surface area (Å²) in [5.74, 6) is 0.846. The maximum absolute atomic E-state index is 8.97. The number of hydrogen-bond acceptors (Lipinski definition) is 3. The zero-order chi connectivity index (χ0) is 15.1. The van der Waals surface area contributed by atoms with Gasteiger partial charge in [0.25, 0.3) is 0 Å². The monoisotopic (exact) mass is 278 g/mol. The van der Waals surface area contributed by atoms with Gasteiger partial charge in [-0.1, -0.05) is 36.9 Å². The van der Waals surface area contributed by atoms with E-state index in [1.807, 2.05) is 49.4 Å². The van der Waals surface area contributed by atoms with E-state index < -0.39 is 0 Å². The molecule has 0 atom stereocenters. The second kappa shape index (κ2) is 7.16. The lowest BCUT2D eigenvalue weighted by molar-refractivity contribution is 0.359. The molecule has 2 aromatic carbocycles. The molecule has 0 spiro atoms. The minimum absolute atomic E-state index is 0.486. The van der Waals surface area contributed by atoms with Crippen molar-refractivity contribution in [1.29, 1.82) is 5.26 Å². The quantitative estimate of drug-likeness (QED) is 0.811. The van der Waals surface area contributed by atoms with Gasteiger partial charge in [0.05, 0.1) is 11.6 Å². The first-order chi connectivity index (χ1) is 10.2. The summed E-state index contributed by atoms with van der Waals surface area (Å²) in [6.07, 6.45) is 1.73. The molecule has 2 aromatic rings. The van der Waals surface area contributed by atoms with E-state index in [1.165, 1.54) is 0 Å². The zero-order valence-electron chi connectivity index (χ0n) is 12.1. The van der Waals surface area contributed by atoms with Gasteiger partial charge in [-0.2, -0.15) is 5.26 Å². The summed E-state index contributed by atoms with van der Waals surface area (Å²) in [7, 11) is 0. The average Bonchev–Trinajstić information content (AvgIpc) is 2.53. The minimum Gasteiger partial charge on any atom is -0.489 e. The summed E-state index contributed by atoms with van der Waals surface area (Å²) in [6.45, 7) is 6.80. The number of ether oxygens (including phenoxy) is 1. The molecule has 2 rings (SSSR count). The van der Waals surface area contributed by atoms with Gasteiger partial charge in [0, 0.05) is 17.8 Å². The summed E-state index contributed by atoms with van der Waals surface area (Å²) < 4.78 is 5.64. The van der Waals surface area contributed by atoms with E-state index in [0.717, 1.165) is 22.6 Å². The summed E-state index contributed by atoms with van der Waals surface area (Å²) in [4.78, 5) is 0. The highest BCUT2D eigenvalue weighted by Crippen LogP contribution is 2.22. The standard InChI is InChI=1S/C18H18N2O/c1-3-10-21-18-7-5-4-6-16(18)13-20-17-11-15(12-19)9-8-14(17)2/h3-9,11,20H,1,10,13H2,2H3. The lowest BCUT2D eigenvalue weighted by atomic mass is 10.1. The Bertz CT molecular complexity index is 671. The van der Waals surface area contributed by atoms with E-state index in [2.05, 4.69) is 18.0 Å². The third kappa shape index (κ3) is 3.87. The van der Waals surface area contributed by atoms with Crippen LogP contribution in [0.5, 0.6) is 5.75 Å². The third-order valence-electron chi connectivity index (χ3n) is 3.17. The number of nitrogens with one attached hydrogen (secondary N) is 1. The van der Waals surface area contributed by atoms with Crippen LogP contribution in [0.3, 0.4) is 0 Å². The van der Waals surface area contributed by atoms with Gasteiger partial charge in [0.2, 0.25) is 0 Å². The molecule has 0 saturated carbocycles. The molecule has 1 N–H and O–H groups in total. The first kappa shape index (κ1) is 14.7. The van der Waals surface area contributed by atoms with E-state index in [4.69, 9.17) is 10.00 Å². The van der Waals surface area contributed by atoms with Crippen molar-refractivity contribution in [3.63, 3.8) is 0 Å². The van der Waals surface area contributed by atoms with Crippen LogP contribution in [0.2, 0.25) is 0 Å². The van der Waals surface area contributed by atoms with Crippen molar-refractivity contribution in [2.24, 2.45) is 0 Å². The van der Waals surface area contributed by atoms with Gasteiger partial charge in [0.1, 0.15) is 12.4 Å². The maximum atomic E-state index is 8.97. The Kier molecular flexibility index (Phi) is 5.00. The lowest BCUT2D eigenvalue weighted by Crippen LogP contribution is -2.04. The second-order valence-corrected chi connectivity index (χ2v) is 4.70. The molecular weight excluding hydrogens is 260 g/mol. The molecule has 0 fully saturated rings. The van der Waals surface area contributed by atoms with Crippen molar-refractivity contribution < 1.29 is 4.74 Å². The number of benzene rings is 2. The van der Waals surface area contributed by atoms with Crippen molar-refractivity contribution in [1.82, 2.24) is 0 Å². The number of nitriles is 1. The Morgan fingerprint density at radius 3 is 2.86 bits per heavy atom. The van der Waals surface area contributed by atoms with E-state index in [9.17, 15) is 0 Å². The van der Waals surface area contributed by atoms with E-state index >= 15 is 0 Å². The van der Waals surface area contributed by atoms with Gasteiger partial charge in [-0.15, -0.1) is 0 Å². The molecule has 3 nitrogen and oxygen atoms in total. The summed E-state index contributed by atoms with van der Waals surface area (Å²) in [5, 5.41) is 12.3. The number of rotatable bonds is 6. The second-order valence-electron chi connectivity index (χ2n) is 4.70. The summed E-state index contributed by atoms with van der Waals surface area (Å²) in [6, 6.07) is 15.7. The first-order valence-electron chi connectivity index (χ1n) is 6.81. The van der Waals surface area contributed by atoms with E-state index in [0.29, 0.717) is 18.7 Å². The predicted molar refractivity (Wildman–Crippen MR) is 85.4 cm³/mol. The normalized spacial score (nSPS) is 9.71. The van der Waals surface area contributed by atoms with E-state index in [-0.39, 0.29) is 0 Å². The lowest BCUT2D eigenvalue weighted by Gasteiger charge is -2.13. The topological polar surface area (TPSA) is 45.0 Å². The number of anilines is 1. The van der Waals surface area contributed by atoms with E-state index in [1.54, 1.807) is 6.08 Å². The molecule has 21 heavy (non-hydrogen) atoms. The maximum Gasteiger partial charge on any atom is 0.124 e. The van der Waals surface area contributed by atoms with Crippen molar-refractivity contribution >= 4 is 5.69 Å². The van der Waals surface area contributed by atoms with Crippen LogP contribution in [0, 0.1) is 18.3 Å². The van der Waals surface area contributed by atoms with Gasteiger partial charge in [0.15, 0.2) is 0 Å². The number of aryl methyl sites for hydroxylation is 1. The van der Waals surface area contributed by atoms with Crippen LogP contribution in [0.1, 0.15) is 16.7 Å². The minimum atomic E-state index is 0.486. The summed E-state index contributed by atoms with van der Waals surface area (Å²) >= 11 is 0. The molecule has 0 saturated heterocycles. The molecule has 0 aromatic heterocycles. The van der Waals surface area contributed by atoms with Crippen molar-refractivity contribution in [3.8, 4) is 11.8 Å². The van der Waals surface area contributed by atoms with Crippen molar-refractivity contribution in [2.75, 3.05) is 11.9 Å². The SMILES string of the molecule is C=CCOc1ccccc1CNc1cc(C#N)ccc1C. The predicted octanol–water partition coefficient (Wildman–Crippen LogP) is 4.04. The van der Waals surface area contributed by atoms with Crippen LogP contribution in [0.25, 0.3) is 0 Å². The van der Waals surface area contributed by atoms with Crippen LogP contribution < -0.4 is 10.1 Å². The Morgan fingerprint density at radius 1 is 1.29 bits per heavy atom. The Balaban J connectivity index is 2.13. The van der Waals surface area contributed by atoms with Gasteiger partial charge in [-0.05, 0) is 30.7 Å². The zero-order valence-corrected chi connectivity index (χ0v) is 12.1. The average molecular weight is 278 g/mol. The fourth-order valence-corrected chi connectivity index (χ4v) is 2.01.